The fourth-order valence-electron chi connectivity index (χ4n) is 3.18. The Hall–Kier alpha value is -1.22. The molecule has 0 saturated heterocycles. The maximum atomic E-state index is 6.39. The molecule has 0 bridgehead atoms. The minimum Gasteiger partial charge on any atom is -0.490 e. The highest BCUT2D eigenvalue weighted by Gasteiger charge is 2.24. The molecule has 0 amide bonds. The van der Waals surface area contributed by atoms with E-state index < -0.39 is 0 Å². The minimum atomic E-state index is 0.334. The SMILES string of the molecule is CCOc1cccc(CNC)c1OC1CCCC(CC)C1. The summed E-state index contributed by atoms with van der Waals surface area (Å²) in [5.41, 5.74) is 1.18. The topological polar surface area (TPSA) is 30.5 Å². The van der Waals surface area contributed by atoms with Crippen LogP contribution in [0.2, 0.25) is 0 Å². The number of nitrogens with one attached hydrogen (secondary N) is 1. The first kappa shape index (κ1) is 16.2. The van der Waals surface area contributed by atoms with E-state index in [0.717, 1.165) is 30.4 Å². The second-order valence-corrected chi connectivity index (χ2v) is 5.89. The lowest BCUT2D eigenvalue weighted by atomic mass is 9.85. The Bertz CT molecular complexity index is 409. The van der Waals surface area contributed by atoms with Crippen LogP contribution in [0.1, 0.15) is 51.5 Å². The van der Waals surface area contributed by atoms with Gasteiger partial charge < -0.3 is 14.8 Å². The zero-order valence-corrected chi connectivity index (χ0v) is 13.7. The van der Waals surface area contributed by atoms with Crippen LogP contribution in [0, 0.1) is 5.92 Å². The van der Waals surface area contributed by atoms with Crippen molar-refractivity contribution in [1.82, 2.24) is 5.32 Å². The van der Waals surface area contributed by atoms with Gasteiger partial charge in [0.25, 0.3) is 0 Å². The Morgan fingerprint density at radius 3 is 2.81 bits per heavy atom. The molecule has 2 unspecified atom stereocenters. The van der Waals surface area contributed by atoms with Crippen LogP contribution in [-0.4, -0.2) is 19.8 Å². The Morgan fingerprint density at radius 1 is 1.24 bits per heavy atom. The van der Waals surface area contributed by atoms with E-state index in [4.69, 9.17) is 9.47 Å². The summed E-state index contributed by atoms with van der Waals surface area (Å²) in [5.74, 6) is 2.63. The van der Waals surface area contributed by atoms with Crippen LogP contribution < -0.4 is 14.8 Å². The molecule has 21 heavy (non-hydrogen) atoms. The standard InChI is InChI=1S/C18H29NO2/c1-4-14-8-6-10-16(12-14)21-18-15(13-19-3)9-7-11-17(18)20-5-2/h7,9,11,14,16,19H,4-6,8,10,12-13H2,1-3H3. The van der Waals surface area contributed by atoms with Crippen molar-refractivity contribution >= 4 is 0 Å². The van der Waals surface area contributed by atoms with Crippen molar-refractivity contribution in [2.75, 3.05) is 13.7 Å². The van der Waals surface area contributed by atoms with Gasteiger partial charge in [-0.1, -0.05) is 31.9 Å². The van der Waals surface area contributed by atoms with Gasteiger partial charge in [-0.15, -0.1) is 0 Å². The quantitative estimate of drug-likeness (QED) is 0.818. The Balaban J connectivity index is 2.15. The summed E-state index contributed by atoms with van der Waals surface area (Å²) in [6.45, 7) is 5.78. The third-order valence-corrected chi connectivity index (χ3v) is 4.32. The summed E-state index contributed by atoms with van der Waals surface area (Å²) in [7, 11) is 1.96. The van der Waals surface area contributed by atoms with Crippen molar-refractivity contribution in [1.29, 1.82) is 0 Å². The van der Waals surface area contributed by atoms with E-state index in [2.05, 4.69) is 18.3 Å². The highest BCUT2D eigenvalue weighted by Crippen LogP contribution is 2.36. The zero-order valence-electron chi connectivity index (χ0n) is 13.7. The van der Waals surface area contributed by atoms with E-state index in [1.54, 1.807) is 0 Å². The van der Waals surface area contributed by atoms with Crippen molar-refractivity contribution < 1.29 is 9.47 Å². The van der Waals surface area contributed by atoms with Gasteiger partial charge in [-0.3, -0.25) is 0 Å². The zero-order chi connectivity index (χ0) is 15.1. The average Bonchev–Trinajstić information content (AvgIpc) is 2.51. The van der Waals surface area contributed by atoms with Gasteiger partial charge in [0, 0.05) is 12.1 Å². The van der Waals surface area contributed by atoms with Crippen molar-refractivity contribution in [3.05, 3.63) is 23.8 Å². The minimum absolute atomic E-state index is 0.334. The third kappa shape index (κ3) is 4.37. The molecule has 1 aromatic carbocycles. The van der Waals surface area contributed by atoms with E-state index in [9.17, 15) is 0 Å². The van der Waals surface area contributed by atoms with E-state index in [0.29, 0.717) is 12.7 Å². The van der Waals surface area contributed by atoms with Crippen molar-refractivity contribution in [3.8, 4) is 11.5 Å². The molecule has 2 atom stereocenters. The molecule has 0 aliphatic heterocycles. The second kappa shape index (κ2) is 8.28. The molecule has 1 N–H and O–H groups in total. The monoisotopic (exact) mass is 291 g/mol. The number of hydrogen-bond acceptors (Lipinski definition) is 3. The highest BCUT2D eigenvalue weighted by atomic mass is 16.5. The fourth-order valence-corrected chi connectivity index (χ4v) is 3.18. The maximum Gasteiger partial charge on any atom is 0.166 e. The van der Waals surface area contributed by atoms with Gasteiger partial charge in [-0.25, -0.2) is 0 Å². The summed E-state index contributed by atoms with van der Waals surface area (Å²) >= 11 is 0. The molecule has 1 aliphatic rings. The molecular weight excluding hydrogens is 262 g/mol. The van der Waals surface area contributed by atoms with E-state index in [1.165, 1.54) is 31.2 Å². The summed E-state index contributed by atoms with van der Waals surface area (Å²) in [4.78, 5) is 0. The number of rotatable bonds is 7. The van der Waals surface area contributed by atoms with Crippen LogP contribution in [0.3, 0.4) is 0 Å². The normalized spacial score (nSPS) is 22.0. The number of hydrogen-bond donors (Lipinski definition) is 1. The molecule has 3 heteroatoms. The van der Waals surface area contributed by atoms with Gasteiger partial charge >= 0.3 is 0 Å². The molecule has 118 valence electrons. The third-order valence-electron chi connectivity index (χ3n) is 4.32. The molecule has 2 rings (SSSR count). The lowest BCUT2D eigenvalue weighted by molar-refractivity contribution is 0.116. The highest BCUT2D eigenvalue weighted by molar-refractivity contribution is 5.46. The molecule has 1 aromatic rings. The molecule has 1 aliphatic carbocycles. The second-order valence-electron chi connectivity index (χ2n) is 5.89. The van der Waals surface area contributed by atoms with Crippen LogP contribution in [0.4, 0.5) is 0 Å². The van der Waals surface area contributed by atoms with Crippen LogP contribution >= 0.6 is 0 Å². The van der Waals surface area contributed by atoms with Crippen LogP contribution in [0.15, 0.2) is 18.2 Å². The summed E-state index contributed by atoms with van der Waals surface area (Å²) in [6.07, 6.45) is 6.57. The van der Waals surface area contributed by atoms with Crippen LogP contribution in [-0.2, 0) is 6.54 Å². The Kier molecular flexibility index (Phi) is 6.37. The average molecular weight is 291 g/mol. The van der Waals surface area contributed by atoms with Gasteiger partial charge in [-0.2, -0.15) is 0 Å². The molecular formula is C18H29NO2. The Labute approximate surface area is 129 Å². The largest absolute Gasteiger partial charge is 0.490 e. The molecule has 1 fully saturated rings. The first-order valence-corrected chi connectivity index (χ1v) is 8.34. The van der Waals surface area contributed by atoms with Crippen molar-refractivity contribution in [2.45, 2.75) is 58.6 Å². The number of para-hydroxylation sites is 1. The summed E-state index contributed by atoms with van der Waals surface area (Å²) in [5, 5.41) is 3.22. The van der Waals surface area contributed by atoms with Gasteiger partial charge in [0.05, 0.1) is 12.7 Å². The summed E-state index contributed by atoms with van der Waals surface area (Å²) < 4.78 is 12.2. The molecule has 0 radical (unpaired) electrons. The van der Waals surface area contributed by atoms with Crippen LogP contribution in [0.25, 0.3) is 0 Å². The number of ether oxygens (including phenoxy) is 2. The Morgan fingerprint density at radius 2 is 2.10 bits per heavy atom. The molecule has 0 heterocycles. The van der Waals surface area contributed by atoms with E-state index >= 15 is 0 Å². The van der Waals surface area contributed by atoms with Gasteiger partial charge in [0.2, 0.25) is 0 Å². The first-order chi connectivity index (χ1) is 10.3. The molecule has 0 aromatic heterocycles. The van der Waals surface area contributed by atoms with Gasteiger partial charge in [-0.05, 0) is 45.2 Å². The lowest BCUT2D eigenvalue weighted by Gasteiger charge is -2.30. The predicted molar refractivity (Wildman–Crippen MR) is 87.0 cm³/mol. The number of benzene rings is 1. The predicted octanol–water partition coefficient (Wildman–Crippen LogP) is 4.15. The van der Waals surface area contributed by atoms with Crippen molar-refractivity contribution in [2.24, 2.45) is 5.92 Å². The molecule has 3 nitrogen and oxygen atoms in total. The molecule has 0 spiro atoms. The fraction of sp³-hybridized carbons (Fsp3) is 0.667. The summed E-state index contributed by atoms with van der Waals surface area (Å²) in [6, 6.07) is 6.17. The molecule has 1 saturated carbocycles. The van der Waals surface area contributed by atoms with Gasteiger partial charge in [0.1, 0.15) is 0 Å². The first-order valence-electron chi connectivity index (χ1n) is 8.34. The van der Waals surface area contributed by atoms with E-state index in [1.807, 2.05) is 26.1 Å². The lowest BCUT2D eigenvalue weighted by Crippen LogP contribution is -2.26. The van der Waals surface area contributed by atoms with Crippen LogP contribution in [0.5, 0.6) is 11.5 Å². The van der Waals surface area contributed by atoms with Crippen molar-refractivity contribution in [3.63, 3.8) is 0 Å². The smallest absolute Gasteiger partial charge is 0.166 e. The van der Waals surface area contributed by atoms with Gasteiger partial charge in [0.15, 0.2) is 11.5 Å². The maximum absolute atomic E-state index is 6.39. The van der Waals surface area contributed by atoms with E-state index in [-0.39, 0.29) is 0 Å².